The van der Waals surface area contributed by atoms with Crippen LogP contribution in [0.25, 0.3) is 0 Å². The summed E-state index contributed by atoms with van der Waals surface area (Å²) in [6, 6.07) is 5.11. The van der Waals surface area contributed by atoms with Crippen LogP contribution in [-0.2, 0) is 12.4 Å². The molecule has 2 atom stereocenters. The molecule has 0 aliphatic rings. The molecule has 2 aromatic rings. The maximum atomic E-state index is 13.7. The van der Waals surface area contributed by atoms with Crippen molar-refractivity contribution in [2.45, 2.75) is 71.1 Å². The fourth-order valence-corrected chi connectivity index (χ4v) is 4.22. The minimum atomic E-state index is -5.16. The molecule has 0 bridgehead atoms. The summed E-state index contributed by atoms with van der Waals surface area (Å²) in [5.41, 5.74) is -2.60. The van der Waals surface area contributed by atoms with Crippen molar-refractivity contribution >= 4 is 12.0 Å². The molecule has 9 heteroatoms. The lowest BCUT2D eigenvalue weighted by atomic mass is 9.85. The number of benzene rings is 2. The van der Waals surface area contributed by atoms with E-state index in [0.717, 1.165) is 43.4 Å². The molecule has 35 heavy (non-hydrogen) atoms. The molecule has 2 rings (SSSR count). The molecule has 2 unspecified atom stereocenters. The third kappa shape index (κ3) is 7.39. The van der Waals surface area contributed by atoms with Gasteiger partial charge in [-0.15, -0.1) is 0 Å². The smallest absolute Gasteiger partial charge is 0.420 e. The van der Waals surface area contributed by atoms with Gasteiger partial charge in [-0.1, -0.05) is 46.5 Å². The van der Waals surface area contributed by atoms with Crippen molar-refractivity contribution in [2.24, 2.45) is 5.92 Å². The average molecular weight is 504 g/mol. The van der Waals surface area contributed by atoms with Gasteiger partial charge in [0, 0.05) is 18.3 Å². The molecular weight excluding hydrogens is 472 g/mol. The van der Waals surface area contributed by atoms with Gasteiger partial charge in [-0.2, -0.15) is 26.3 Å². The van der Waals surface area contributed by atoms with E-state index in [2.05, 4.69) is 19.2 Å². The SMILES string of the molecule is CCCCC(CC)CC(C)c1cc(Oc2c(C(F)(F)F)cc(C=O)cc2C(F)(F)F)ccc1NC. The summed E-state index contributed by atoms with van der Waals surface area (Å²) < 4.78 is 87.3. The predicted octanol–water partition coefficient (Wildman–Crippen LogP) is 9.08. The van der Waals surface area contributed by atoms with Gasteiger partial charge < -0.3 is 10.1 Å². The maximum Gasteiger partial charge on any atom is 0.420 e. The van der Waals surface area contributed by atoms with Gasteiger partial charge in [-0.25, -0.2) is 0 Å². The summed E-state index contributed by atoms with van der Waals surface area (Å²) in [7, 11) is 1.70. The van der Waals surface area contributed by atoms with Gasteiger partial charge in [0.05, 0.1) is 11.1 Å². The normalized spacial score (nSPS) is 13.9. The van der Waals surface area contributed by atoms with Crippen LogP contribution in [0.15, 0.2) is 30.3 Å². The lowest BCUT2D eigenvalue weighted by Crippen LogP contribution is -2.15. The van der Waals surface area contributed by atoms with Crippen LogP contribution < -0.4 is 10.1 Å². The summed E-state index contributed by atoms with van der Waals surface area (Å²) in [6.07, 6.45) is -5.38. The number of halogens is 6. The molecule has 194 valence electrons. The number of ether oxygens (including phenoxy) is 1. The fourth-order valence-electron chi connectivity index (χ4n) is 4.22. The average Bonchev–Trinajstić information content (AvgIpc) is 2.80. The molecule has 0 heterocycles. The van der Waals surface area contributed by atoms with E-state index in [0.29, 0.717) is 18.1 Å². The molecule has 0 aliphatic carbocycles. The second-order valence-electron chi connectivity index (χ2n) is 8.71. The highest BCUT2D eigenvalue weighted by atomic mass is 19.4. The molecule has 2 aromatic carbocycles. The molecule has 0 saturated heterocycles. The van der Waals surface area contributed by atoms with E-state index < -0.39 is 34.8 Å². The first kappa shape index (κ1) is 28.5. The number of alkyl halides is 6. The molecule has 0 radical (unpaired) electrons. The summed E-state index contributed by atoms with van der Waals surface area (Å²) in [4.78, 5) is 11.0. The van der Waals surface area contributed by atoms with Crippen molar-refractivity contribution in [3.8, 4) is 11.5 Å². The summed E-state index contributed by atoms with van der Waals surface area (Å²) >= 11 is 0. The van der Waals surface area contributed by atoms with Gasteiger partial charge in [-0.3, -0.25) is 4.79 Å². The van der Waals surface area contributed by atoms with Crippen molar-refractivity contribution in [2.75, 3.05) is 12.4 Å². The second-order valence-corrected chi connectivity index (χ2v) is 8.71. The van der Waals surface area contributed by atoms with Gasteiger partial charge in [-0.05, 0) is 54.2 Å². The van der Waals surface area contributed by atoms with Crippen LogP contribution in [0.5, 0.6) is 11.5 Å². The van der Waals surface area contributed by atoms with Gasteiger partial charge in [0.15, 0.2) is 5.75 Å². The monoisotopic (exact) mass is 503 g/mol. The Hall–Kier alpha value is -2.71. The maximum absolute atomic E-state index is 13.7. The molecule has 3 nitrogen and oxygen atoms in total. The van der Waals surface area contributed by atoms with Crippen molar-refractivity contribution in [3.63, 3.8) is 0 Å². The Morgan fingerprint density at radius 1 is 1.00 bits per heavy atom. The van der Waals surface area contributed by atoms with E-state index >= 15 is 0 Å². The van der Waals surface area contributed by atoms with Crippen molar-refractivity contribution in [1.82, 2.24) is 0 Å². The second kappa shape index (κ2) is 11.8. The Bertz CT molecular complexity index is 965. The van der Waals surface area contributed by atoms with Crippen molar-refractivity contribution in [1.29, 1.82) is 0 Å². The molecule has 0 aromatic heterocycles. The quantitative estimate of drug-likeness (QED) is 0.246. The fraction of sp³-hybridized carbons (Fsp3) is 0.500. The molecule has 0 amide bonds. The standard InChI is InChI=1S/C26H31F6NO2/c1-5-7-8-17(6-2)11-16(3)20-14-19(9-10-23(20)33-4)35-24-21(25(27,28)29)12-18(15-34)13-22(24)26(30,31)32/h9-10,12-17,33H,5-8,11H2,1-4H3. The van der Waals surface area contributed by atoms with E-state index in [9.17, 15) is 31.1 Å². The number of carbonyl (C=O) groups is 1. The highest BCUT2D eigenvalue weighted by Gasteiger charge is 2.43. The summed E-state index contributed by atoms with van der Waals surface area (Å²) in [6.45, 7) is 6.20. The zero-order valence-corrected chi connectivity index (χ0v) is 20.2. The van der Waals surface area contributed by atoms with Crippen LogP contribution in [0, 0.1) is 5.92 Å². The largest absolute Gasteiger partial charge is 0.456 e. The number of nitrogens with one attached hydrogen (secondary N) is 1. The van der Waals surface area contributed by atoms with E-state index in [4.69, 9.17) is 4.74 Å². The Kier molecular flexibility index (Phi) is 9.63. The van der Waals surface area contributed by atoms with Crippen LogP contribution in [0.4, 0.5) is 32.0 Å². The number of hydrogen-bond acceptors (Lipinski definition) is 3. The van der Waals surface area contributed by atoms with Gasteiger partial charge in [0.1, 0.15) is 12.0 Å². The Morgan fingerprint density at radius 2 is 1.60 bits per heavy atom. The van der Waals surface area contributed by atoms with Crippen molar-refractivity contribution < 1.29 is 35.9 Å². The number of anilines is 1. The summed E-state index contributed by atoms with van der Waals surface area (Å²) in [5, 5.41) is 3.03. The lowest BCUT2D eigenvalue weighted by Gasteiger charge is -2.24. The third-order valence-corrected chi connectivity index (χ3v) is 6.13. The van der Waals surface area contributed by atoms with Gasteiger partial charge >= 0.3 is 12.4 Å². The highest BCUT2D eigenvalue weighted by Crippen LogP contribution is 2.47. The Labute approximate surface area is 201 Å². The van der Waals surface area contributed by atoms with E-state index in [1.165, 1.54) is 12.1 Å². The molecule has 0 aliphatic heterocycles. The molecule has 0 spiro atoms. The first-order valence-electron chi connectivity index (χ1n) is 11.6. The Balaban J connectivity index is 2.55. The van der Waals surface area contributed by atoms with Crippen LogP contribution >= 0.6 is 0 Å². The van der Waals surface area contributed by atoms with Gasteiger partial charge in [0.25, 0.3) is 0 Å². The van der Waals surface area contributed by atoms with E-state index in [1.54, 1.807) is 13.1 Å². The van der Waals surface area contributed by atoms with Crippen LogP contribution in [0.3, 0.4) is 0 Å². The number of rotatable bonds is 11. The first-order valence-corrected chi connectivity index (χ1v) is 11.6. The van der Waals surface area contributed by atoms with E-state index in [-0.39, 0.29) is 18.0 Å². The number of aldehydes is 1. The van der Waals surface area contributed by atoms with Crippen molar-refractivity contribution in [3.05, 3.63) is 52.6 Å². The number of hydrogen-bond donors (Lipinski definition) is 1. The third-order valence-electron chi connectivity index (χ3n) is 6.13. The number of carbonyl (C=O) groups excluding carboxylic acids is 1. The zero-order chi connectivity index (χ0) is 26.4. The van der Waals surface area contributed by atoms with Gasteiger partial charge in [0.2, 0.25) is 0 Å². The highest BCUT2D eigenvalue weighted by molar-refractivity contribution is 5.77. The zero-order valence-electron chi connectivity index (χ0n) is 20.2. The molecule has 0 saturated carbocycles. The first-order chi connectivity index (χ1) is 16.3. The Morgan fingerprint density at radius 3 is 2.06 bits per heavy atom. The molecule has 0 fully saturated rings. The molecular formula is C26H31F6NO2. The topological polar surface area (TPSA) is 38.3 Å². The number of unbranched alkanes of at least 4 members (excludes halogenated alkanes) is 1. The lowest BCUT2D eigenvalue weighted by molar-refractivity contribution is -0.145. The van der Waals surface area contributed by atoms with Crippen LogP contribution in [0.2, 0.25) is 0 Å². The van der Waals surface area contributed by atoms with Crippen LogP contribution in [-0.4, -0.2) is 13.3 Å². The van der Waals surface area contributed by atoms with E-state index in [1.807, 2.05) is 6.92 Å². The minimum absolute atomic E-state index is 0.00980. The molecule has 1 N–H and O–H groups in total. The predicted molar refractivity (Wildman–Crippen MR) is 124 cm³/mol. The minimum Gasteiger partial charge on any atom is -0.456 e. The summed E-state index contributed by atoms with van der Waals surface area (Å²) in [5.74, 6) is -1.09. The van der Waals surface area contributed by atoms with Crippen LogP contribution in [0.1, 0.15) is 85.8 Å².